The lowest BCUT2D eigenvalue weighted by atomic mass is 9.93. The van der Waals surface area contributed by atoms with E-state index in [1.165, 1.54) is 0 Å². The molecule has 2 N–H and O–H groups in total. The van der Waals surface area contributed by atoms with E-state index < -0.39 is 5.60 Å². The summed E-state index contributed by atoms with van der Waals surface area (Å²) in [5, 5.41) is 13.6. The van der Waals surface area contributed by atoms with E-state index in [1.807, 2.05) is 19.9 Å². The molecule has 0 aliphatic carbocycles. The van der Waals surface area contributed by atoms with E-state index in [9.17, 15) is 5.11 Å². The van der Waals surface area contributed by atoms with Crippen LogP contribution >= 0.6 is 0 Å². The van der Waals surface area contributed by atoms with Crippen molar-refractivity contribution in [3.63, 3.8) is 0 Å². The lowest BCUT2D eigenvalue weighted by Crippen LogP contribution is -2.29. The van der Waals surface area contributed by atoms with Gasteiger partial charge in [0.2, 0.25) is 0 Å². The van der Waals surface area contributed by atoms with Crippen LogP contribution in [0.3, 0.4) is 0 Å². The van der Waals surface area contributed by atoms with Crippen molar-refractivity contribution in [1.82, 2.24) is 10.3 Å². The molecular formula is C13H22N2O2. The van der Waals surface area contributed by atoms with Crippen molar-refractivity contribution >= 4 is 0 Å². The first kappa shape index (κ1) is 14.1. The number of aromatic nitrogens is 1. The fourth-order valence-electron chi connectivity index (χ4n) is 1.62. The summed E-state index contributed by atoms with van der Waals surface area (Å²) in [6.45, 7) is 6.04. The minimum absolute atomic E-state index is 0.655. The summed E-state index contributed by atoms with van der Waals surface area (Å²) in [6, 6.07) is 1.97. The van der Waals surface area contributed by atoms with Gasteiger partial charge in [0.25, 0.3) is 0 Å². The van der Waals surface area contributed by atoms with Crippen LogP contribution in [0.15, 0.2) is 18.5 Å². The molecule has 1 aromatic heterocycles. The van der Waals surface area contributed by atoms with Crippen LogP contribution in [0.1, 0.15) is 24.5 Å². The second-order valence-electron chi connectivity index (χ2n) is 4.52. The third kappa shape index (κ3) is 4.81. The highest BCUT2D eigenvalue weighted by Crippen LogP contribution is 2.23. The van der Waals surface area contributed by atoms with Crippen molar-refractivity contribution in [1.29, 1.82) is 0 Å². The second kappa shape index (κ2) is 6.69. The van der Waals surface area contributed by atoms with Gasteiger partial charge in [-0.25, -0.2) is 0 Å². The number of pyridine rings is 1. The van der Waals surface area contributed by atoms with Gasteiger partial charge in [0.15, 0.2) is 0 Å². The predicted molar refractivity (Wildman–Crippen MR) is 67.9 cm³/mol. The van der Waals surface area contributed by atoms with Gasteiger partial charge in [-0.05, 0) is 32.4 Å². The quantitative estimate of drug-likeness (QED) is 0.701. The van der Waals surface area contributed by atoms with Crippen molar-refractivity contribution in [3.8, 4) is 0 Å². The number of hydrogen-bond acceptors (Lipinski definition) is 4. The zero-order chi connectivity index (χ0) is 12.7. The Morgan fingerprint density at radius 3 is 2.82 bits per heavy atom. The minimum Gasteiger partial charge on any atom is -0.385 e. The molecule has 1 rings (SSSR count). The zero-order valence-electron chi connectivity index (χ0n) is 10.9. The molecule has 1 unspecified atom stereocenters. The van der Waals surface area contributed by atoms with Gasteiger partial charge in [-0.1, -0.05) is 6.07 Å². The summed E-state index contributed by atoms with van der Waals surface area (Å²) in [5.74, 6) is 0. The van der Waals surface area contributed by atoms with E-state index in [1.54, 1.807) is 19.5 Å². The lowest BCUT2D eigenvalue weighted by Gasteiger charge is -2.24. The van der Waals surface area contributed by atoms with E-state index >= 15 is 0 Å². The first-order valence-electron chi connectivity index (χ1n) is 5.90. The smallest absolute Gasteiger partial charge is 0.0895 e. The van der Waals surface area contributed by atoms with Crippen LogP contribution in [0, 0.1) is 6.92 Å². The van der Waals surface area contributed by atoms with Gasteiger partial charge in [-0.15, -0.1) is 0 Å². The molecule has 17 heavy (non-hydrogen) atoms. The van der Waals surface area contributed by atoms with Gasteiger partial charge in [0.1, 0.15) is 0 Å². The molecule has 1 atom stereocenters. The summed E-state index contributed by atoms with van der Waals surface area (Å²) in [6.07, 6.45) is 4.17. The van der Waals surface area contributed by atoms with Crippen LogP contribution in [-0.4, -0.2) is 36.9 Å². The third-order valence-corrected chi connectivity index (χ3v) is 2.77. The molecule has 1 heterocycles. The maximum absolute atomic E-state index is 10.4. The fraction of sp³-hybridized carbons (Fsp3) is 0.615. The predicted octanol–water partition coefficient (Wildman–Crippen LogP) is 1.22. The van der Waals surface area contributed by atoms with Gasteiger partial charge in [0, 0.05) is 31.6 Å². The Bertz CT molecular complexity index is 340. The molecule has 0 spiro atoms. The number of ether oxygens (including phenoxy) is 1. The molecule has 0 amide bonds. The van der Waals surface area contributed by atoms with Crippen molar-refractivity contribution < 1.29 is 9.84 Å². The van der Waals surface area contributed by atoms with Crippen molar-refractivity contribution in [2.24, 2.45) is 0 Å². The summed E-state index contributed by atoms with van der Waals surface area (Å²) < 4.78 is 4.94. The van der Waals surface area contributed by atoms with E-state index in [4.69, 9.17) is 4.74 Å². The van der Waals surface area contributed by atoms with Crippen molar-refractivity contribution in [2.45, 2.75) is 25.9 Å². The van der Waals surface area contributed by atoms with Crippen LogP contribution in [0.4, 0.5) is 0 Å². The van der Waals surface area contributed by atoms with E-state index in [0.29, 0.717) is 13.0 Å². The number of methoxy groups -OCH3 is 1. The standard InChI is InChI=1S/C13H22N2O2/c1-11-8-12(10-15-9-11)13(2,16)4-5-14-6-7-17-3/h8-10,14,16H,4-7H2,1-3H3. The maximum atomic E-state index is 10.4. The Kier molecular flexibility index (Phi) is 5.55. The van der Waals surface area contributed by atoms with Gasteiger partial charge in [-0.2, -0.15) is 0 Å². The summed E-state index contributed by atoms with van der Waals surface area (Å²) in [4.78, 5) is 4.11. The fourth-order valence-corrected chi connectivity index (χ4v) is 1.62. The molecule has 0 fully saturated rings. The van der Waals surface area contributed by atoms with Crippen LogP contribution < -0.4 is 5.32 Å². The molecule has 4 nitrogen and oxygen atoms in total. The zero-order valence-corrected chi connectivity index (χ0v) is 10.9. The number of rotatable bonds is 7. The molecule has 0 radical (unpaired) electrons. The van der Waals surface area contributed by atoms with E-state index in [0.717, 1.165) is 24.2 Å². The summed E-state index contributed by atoms with van der Waals surface area (Å²) in [5.41, 5.74) is 1.10. The molecule has 0 bridgehead atoms. The van der Waals surface area contributed by atoms with E-state index in [2.05, 4.69) is 10.3 Å². The SMILES string of the molecule is COCCNCCC(C)(O)c1cncc(C)c1. The number of aryl methyl sites for hydroxylation is 1. The molecule has 0 saturated carbocycles. The molecule has 0 aliphatic rings. The van der Waals surface area contributed by atoms with Crippen LogP contribution in [0.2, 0.25) is 0 Å². The Balaban J connectivity index is 2.45. The van der Waals surface area contributed by atoms with Crippen LogP contribution in [0.25, 0.3) is 0 Å². The second-order valence-corrected chi connectivity index (χ2v) is 4.52. The van der Waals surface area contributed by atoms with Gasteiger partial charge >= 0.3 is 0 Å². The number of nitrogens with one attached hydrogen (secondary N) is 1. The van der Waals surface area contributed by atoms with E-state index in [-0.39, 0.29) is 0 Å². The van der Waals surface area contributed by atoms with Crippen LogP contribution in [0.5, 0.6) is 0 Å². The summed E-state index contributed by atoms with van der Waals surface area (Å²) >= 11 is 0. The Morgan fingerprint density at radius 1 is 1.41 bits per heavy atom. The highest BCUT2D eigenvalue weighted by Gasteiger charge is 2.22. The molecule has 96 valence electrons. The lowest BCUT2D eigenvalue weighted by molar-refractivity contribution is 0.0471. The Labute approximate surface area is 103 Å². The number of hydrogen-bond donors (Lipinski definition) is 2. The molecular weight excluding hydrogens is 216 g/mol. The van der Waals surface area contributed by atoms with Crippen LogP contribution in [-0.2, 0) is 10.3 Å². The highest BCUT2D eigenvalue weighted by atomic mass is 16.5. The normalized spacial score (nSPS) is 14.6. The first-order chi connectivity index (χ1) is 8.06. The Hall–Kier alpha value is -0.970. The third-order valence-electron chi connectivity index (χ3n) is 2.77. The average Bonchev–Trinajstić information content (AvgIpc) is 2.29. The number of aliphatic hydroxyl groups is 1. The molecule has 0 aliphatic heterocycles. The monoisotopic (exact) mass is 238 g/mol. The van der Waals surface area contributed by atoms with Gasteiger partial charge < -0.3 is 15.2 Å². The first-order valence-corrected chi connectivity index (χ1v) is 5.90. The molecule has 4 heteroatoms. The topological polar surface area (TPSA) is 54.4 Å². The van der Waals surface area contributed by atoms with Crippen molar-refractivity contribution in [2.75, 3.05) is 26.8 Å². The Morgan fingerprint density at radius 2 is 2.18 bits per heavy atom. The van der Waals surface area contributed by atoms with Gasteiger partial charge in [-0.3, -0.25) is 4.98 Å². The molecule has 1 aromatic rings. The largest absolute Gasteiger partial charge is 0.385 e. The minimum atomic E-state index is -0.834. The van der Waals surface area contributed by atoms with Crippen molar-refractivity contribution in [3.05, 3.63) is 29.6 Å². The van der Waals surface area contributed by atoms with Gasteiger partial charge in [0.05, 0.1) is 12.2 Å². The number of nitrogens with zero attached hydrogens (tertiary/aromatic N) is 1. The average molecular weight is 238 g/mol. The molecule has 0 saturated heterocycles. The summed E-state index contributed by atoms with van der Waals surface area (Å²) in [7, 11) is 1.68. The highest BCUT2D eigenvalue weighted by molar-refractivity contribution is 5.22. The molecule has 0 aromatic carbocycles. The maximum Gasteiger partial charge on any atom is 0.0895 e.